The molecule has 2 N–H and O–H groups in total. The molecular weight excluding hydrogens is 218 g/mol. The molecule has 2 aromatic heterocycles. The van der Waals surface area contributed by atoms with E-state index >= 15 is 0 Å². The number of carbonyl (C=O) groups excluding carboxylic acids is 1. The molecule has 2 heterocycles. The third-order valence-electron chi connectivity index (χ3n) is 2.41. The van der Waals surface area contributed by atoms with E-state index in [0.717, 1.165) is 11.2 Å². The SMILES string of the molecule is Cc1ccn2cc(C(=O)NCC(C)O)nc2c1. The monoisotopic (exact) mass is 233 g/mol. The van der Waals surface area contributed by atoms with Gasteiger partial charge in [-0.1, -0.05) is 0 Å². The lowest BCUT2D eigenvalue weighted by Gasteiger charge is -2.04. The van der Waals surface area contributed by atoms with Crippen molar-refractivity contribution in [2.75, 3.05) is 6.54 Å². The Morgan fingerprint density at radius 1 is 1.65 bits per heavy atom. The average Bonchev–Trinajstić information content (AvgIpc) is 2.68. The Hall–Kier alpha value is -1.88. The van der Waals surface area contributed by atoms with Crippen LogP contribution in [0.25, 0.3) is 5.65 Å². The number of fused-ring (bicyclic) bond motifs is 1. The number of hydrogen-bond acceptors (Lipinski definition) is 3. The number of aliphatic hydroxyl groups excluding tert-OH is 1. The molecular formula is C12H15N3O2. The molecule has 0 saturated heterocycles. The van der Waals surface area contributed by atoms with E-state index in [0.29, 0.717) is 5.69 Å². The minimum Gasteiger partial charge on any atom is -0.392 e. The highest BCUT2D eigenvalue weighted by Gasteiger charge is 2.10. The third kappa shape index (κ3) is 2.62. The summed E-state index contributed by atoms with van der Waals surface area (Å²) in [5.74, 6) is -0.271. The third-order valence-corrected chi connectivity index (χ3v) is 2.41. The van der Waals surface area contributed by atoms with E-state index in [9.17, 15) is 4.79 Å². The van der Waals surface area contributed by atoms with Gasteiger partial charge in [0.25, 0.3) is 5.91 Å². The van der Waals surface area contributed by atoms with E-state index in [-0.39, 0.29) is 12.5 Å². The molecule has 17 heavy (non-hydrogen) atoms. The number of aromatic nitrogens is 2. The summed E-state index contributed by atoms with van der Waals surface area (Å²) >= 11 is 0. The predicted molar refractivity (Wildman–Crippen MR) is 63.9 cm³/mol. The maximum atomic E-state index is 11.7. The second-order valence-electron chi connectivity index (χ2n) is 4.15. The molecule has 0 aliphatic carbocycles. The zero-order valence-electron chi connectivity index (χ0n) is 9.84. The molecule has 0 spiro atoms. The summed E-state index contributed by atoms with van der Waals surface area (Å²) in [6, 6.07) is 3.86. The van der Waals surface area contributed by atoms with E-state index in [1.54, 1.807) is 17.5 Å². The van der Waals surface area contributed by atoms with Crippen LogP contribution in [0.4, 0.5) is 0 Å². The molecule has 0 bridgehead atoms. The minimum atomic E-state index is -0.557. The number of pyridine rings is 1. The number of rotatable bonds is 3. The van der Waals surface area contributed by atoms with Gasteiger partial charge in [0.2, 0.25) is 0 Å². The molecule has 1 atom stereocenters. The molecule has 5 nitrogen and oxygen atoms in total. The molecule has 0 aromatic carbocycles. The second kappa shape index (κ2) is 4.55. The smallest absolute Gasteiger partial charge is 0.271 e. The first-order valence-electron chi connectivity index (χ1n) is 5.48. The van der Waals surface area contributed by atoms with Crippen LogP contribution in [0.2, 0.25) is 0 Å². The van der Waals surface area contributed by atoms with Gasteiger partial charge in [0.05, 0.1) is 6.10 Å². The first kappa shape index (κ1) is 11.6. The van der Waals surface area contributed by atoms with Crippen molar-refractivity contribution in [1.29, 1.82) is 0 Å². The fraction of sp³-hybridized carbons (Fsp3) is 0.333. The fourth-order valence-electron chi connectivity index (χ4n) is 1.52. The Morgan fingerprint density at radius 3 is 3.12 bits per heavy atom. The zero-order valence-corrected chi connectivity index (χ0v) is 9.84. The number of nitrogens with zero attached hydrogens (tertiary/aromatic N) is 2. The lowest BCUT2D eigenvalue weighted by atomic mass is 10.3. The lowest BCUT2D eigenvalue weighted by molar-refractivity contribution is 0.0919. The highest BCUT2D eigenvalue weighted by atomic mass is 16.3. The Kier molecular flexibility index (Phi) is 3.10. The van der Waals surface area contributed by atoms with E-state index < -0.39 is 6.10 Å². The molecule has 0 radical (unpaired) electrons. The number of carbonyl (C=O) groups is 1. The van der Waals surface area contributed by atoms with Crippen molar-refractivity contribution in [2.45, 2.75) is 20.0 Å². The quantitative estimate of drug-likeness (QED) is 0.822. The molecule has 2 rings (SSSR count). The van der Waals surface area contributed by atoms with Crippen molar-refractivity contribution in [3.05, 3.63) is 35.8 Å². The summed E-state index contributed by atoms with van der Waals surface area (Å²) in [5, 5.41) is 11.7. The van der Waals surface area contributed by atoms with Gasteiger partial charge in [-0.25, -0.2) is 4.98 Å². The van der Waals surface area contributed by atoms with Crippen LogP contribution < -0.4 is 5.32 Å². The maximum Gasteiger partial charge on any atom is 0.271 e. The number of aliphatic hydroxyl groups is 1. The number of aryl methyl sites for hydroxylation is 1. The normalized spacial score (nSPS) is 12.6. The van der Waals surface area contributed by atoms with E-state index in [4.69, 9.17) is 5.11 Å². The van der Waals surface area contributed by atoms with Crippen molar-refractivity contribution in [1.82, 2.24) is 14.7 Å². The molecule has 0 fully saturated rings. The standard InChI is InChI=1S/C12H15N3O2/c1-8-3-4-15-7-10(14-11(15)5-8)12(17)13-6-9(2)16/h3-5,7,9,16H,6H2,1-2H3,(H,13,17). The van der Waals surface area contributed by atoms with Crippen molar-refractivity contribution in [3.8, 4) is 0 Å². The number of imidazole rings is 1. The summed E-state index contributed by atoms with van der Waals surface area (Å²) in [7, 11) is 0. The molecule has 1 amide bonds. The van der Waals surface area contributed by atoms with Gasteiger partial charge >= 0.3 is 0 Å². The Bertz CT molecular complexity index is 546. The Balaban J connectivity index is 2.21. The van der Waals surface area contributed by atoms with Crippen LogP contribution in [0, 0.1) is 6.92 Å². The van der Waals surface area contributed by atoms with Crippen LogP contribution in [0.1, 0.15) is 23.0 Å². The topological polar surface area (TPSA) is 66.6 Å². The summed E-state index contributed by atoms with van der Waals surface area (Å²) in [6.07, 6.45) is 2.98. The van der Waals surface area contributed by atoms with Gasteiger partial charge in [-0.3, -0.25) is 4.79 Å². The van der Waals surface area contributed by atoms with E-state index in [1.165, 1.54) is 0 Å². The average molecular weight is 233 g/mol. The van der Waals surface area contributed by atoms with Gasteiger partial charge in [-0.2, -0.15) is 0 Å². The van der Waals surface area contributed by atoms with Crippen LogP contribution in [-0.4, -0.2) is 33.0 Å². The van der Waals surface area contributed by atoms with Gasteiger partial charge in [-0.15, -0.1) is 0 Å². The van der Waals surface area contributed by atoms with Crippen LogP contribution >= 0.6 is 0 Å². The second-order valence-corrected chi connectivity index (χ2v) is 4.15. The molecule has 5 heteroatoms. The van der Waals surface area contributed by atoms with Gasteiger partial charge < -0.3 is 14.8 Å². The highest BCUT2D eigenvalue weighted by molar-refractivity contribution is 5.92. The van der Waals surface area contributed by atoms with E-state index in [2.05, 4.69) is 10.3 Å². The Labute approximate surface area is 99.1 Å². The molecule has 1 unspecified atom stereocenters. The first-order valence-corrected chi connectivity index (χ1v) is 5.48. The highest BCUT2D eigenvalue weighted by Crippen LogP contribution is 2.07. The zero-order chi connectivity index (χ0) is 12.4. The lowest BCUT2D eigenvalue weighted by Crippen LogP contribution is -2.30. The number of amides is 1. The fourth-order valence-corrected chi connectivity index (χ4v) is 1.52. The predicted octanol–water partition coefficient (Wildman–Crippen LogP) is 0.753. The molecule has 2 aromatic rings. The van der Waals surface area contributed by atoms with Crippen LogP contribution in [0.15, 0.2) is 24.5 Å². The van der Waals surface area contributed by atoms with Crippen LogP contribution in [-0.2, 0) is 0 Å². The minimum absolute atomic E-state index is 0.228. The van der Waals surface area contributed by atoms with Gasteiger partial charge in [0.1, 0.15) is 11.3 Å². The number of nitrogens with one attached hydrogen (secondary N) is 1. The summed E-state index contributed by atoms with van der Waals surface area (Å²) in [5.41, 5.74) is 2.20. The van der Waals surface area contributed by atoms with Gasteiger partial charge in [0.15, 0.2) is 0 Å². The van der Waals surface area contributed by atoms with Gasteiger partial charge in [0, 0.05) is 18.9 Å². The summed E-state index contributed by atoms with van der Waals surface area (Å²) in [6.45, 7) is 3.82. The van der Waals surface area contributed by atoms with Crippen LogP contribution in [0.5, 0.6) is 0 Å². The van der Waals surface area contributed by atoms with Gasteiger partial charge in [-0.05, 0) is 31.5 Å². The van der Waals surface area contributed by atoms with Crippen molar-refractivity contribution in [3.63, 3.8) is 0 Å². The van der Waals surface area contributed by atoms with Crippen molar-refractivity contribution >= 4 is 11.6 Å². The Morgan fingerprint density at radius 2 is 2.41 bits per heavy atom. The molecule has 0 aliphatic heterocycles. The first-order chi connectivity index (χ1) is 8.06. The molecule has 0 aliphatic rings. The maximum absolute atomic E-state index is 11.7. The van der Waals surface area contributed by atoms with Crippen LogP contribution in [0.3, 0.4) is 0 Å². The summed E-state index contributed by atoms with van der Waals surface area (Å²) < 4.78 is 1.80. The van der Waals surface area contributed by atoms with E-state index in [1.807, 2.05) is 25.3 Å². The van der Waals surface area contributed by atoms with Crippen molar-refractivity contribution < 1.29 is 9.90 Å². The molecule has 90 valence electrons. The van der Waals surface area contributed by atoms with Crippen molar-refractivity contribution in [2.24, 2.45) is 0 Å². The largest absolute Gasteiger partial charge is 0.392 e. The number of hydrogen-bond donors (Lipinski definition) is 2. The summed E-state index contributed by atoms with van der Waals surface area (Å²) in [4.78, 5) is 15.9. The molecule has 0 saturated carbocycles.